The number of carbonyl (C=O) groups is 3. The van der Waals surface area contributed by atoms with E-state index >= 15 is 0 Å². The van der Waals surface area contributed by atoms with Gasteiger partial charge in [0.1, 0.15) is 0 Å². The molecule has 0 saturated carbocycles. The highest BCUT2D eigenvalue weighted by Gasteiger charge is 2.42. The maximum Gasteiger partial charge on any atom is 0.338 e. The summed E-state index contributed by atoms with van der Waals surface area (Å²) < 4.78 is 5.59. The predicted octanol–water partition coefficient (Wildman–Crippen LogP) is 10.4. The van der Waals surface area contributed by atoms with Gasteiger partial charge in [-0.15, -0.1) is 0 Å². The summed E-state index contributed by atoms with van der Waals surface area (Å²) in [4.78, 5) is 41.7. The minimum absolute atomic E-state index is 0.123. The van der Waals surface area contributed by atoms with Crippen LogP contribution in [0.4, 0.5) is 5.69 Å². The molecule has 0 unspecified atom stereocenters. The molecule has 0 N–H and O–H groups in total. The van der Waals surface area contributed by atoms with Gasteiger partial charge in [0.05, 0.1) is 29.0 Å². The largest absolute Gasteiger partial charge is 0.462 e. The molecule has 0 aromatic heterocycles. The van der Waals surface area contributed by atoms with Crippen molar-refractivity contribution in [1.82, 2.24) is 0 Å². The minimum Gasteiger partial charge on any atom is -0.462 e. The zero-order chi connectivity index (χ0) is 30.5. The second-order valence-electron chi connectivity index (χ2n) is 12.5. The molecule has 5 nitrogen and oxygen atoms in total. The lowest BCUT2D eigenvalue weighted by molar-refractivity contribution is 0.0494. The number of hydrogen-bond acceptors (Lipinski definition) is 4. The Bertz CT molecular complexity index is 1160. The van der Waals surface area contributed by atoms with Gasteiger partial charge in [0.2, 0.25) is 0 Å². The first-order valence-corrected chi connectivity index (χ1v) is 16.6. The zero-order valence-corrected chi connectivity index (χ0v) is 26.8. The Balaban J connectivity index is 1.48. The fraction of sp³-hybridized carbons (Fsp3) is 0.595. The van der Waals surface area contributed by atoms with Crippen LogP contribution < -0.4 is 4.90 Å². The van der Waals surface area contributed by atoms with E-state index in [1.807, 2.05) is 18.2 Å². The molecule has 2 aromatic rings. The summed E-state index contributed by atoms with van der Waals surface area (Å²) in [5.74, 6) is -1.12. The molecule has 2 aromatic carbocycles. The maximum absolute atomic E-state index is 13.8. The Morgan fingerprint density at radius 2 is 1.14 bits per heavy atom. The Morgan fingerprint density at radius 1 is 0.667 bits per heavy atom. The van der Waals surface area contributed by atoms with Crippen LogP contribution in [-0.4, -0.2) is 24.4 Å². The molecular formula is C37H53NO4. The molecule has 0 radical (unpaired) electrons. The number of benzene rings is 2. The molecule has 0 bridgehead atoms. The van der Waals surface area contributed by atoms with E-state index in [1.165, 1.54) is 75.5 Å². The maximum atomic E-state index is 13.8. The van der Waals surface area contributed by atoms with Gasteiger partial charge in [0.25, 0.3) is 11.8 Å². The first kappa shape index (κ1) is 33.6. The number of para-hydroxylation sites is 1. The Morgan fingerprint density at radius 3 is 1.64 bits per heavy atom. The molecule has 1 aliphatic heterocycles. The lowest BCUT2D eigenvalue weighted by Gasteiger charge is -2.25. The number of esters is 1. The molecule has 0 spiro atoms. The van der Waals surface area contributed by atoms with Gasteiger partial charge in [-0.3, -0.25) is 9.59 Å². The molecule has 1 heterocycles. The van der Waals surface area contributed by atoms with Gasteiger partial charge in [0.15, 0.2) is 0 Å². The molecule has 3 rings (SSSR count). The number of ether oxygens (including phenoxy) is 1. The van der Waals surface area contributed by atoms with Gasteiger partial charge in [-0.2, -0.15) is 0 Å². The second-order valence-corrected chi connectivity index (χ2v) is 12.5. The van der Waals surface area contributed by atoms with Crippen molar-refractivity contribution >= 4 is 23.5 Å². The van der Waals surface area contributed by atoms with Gasteiger partial charge in [0, 0.05) is 0 Å². The van der Waals surface area contributed by atoms with Crippen molar-refractivity contribution in [2.24, 2.45) is 0 Å². The van der Waals surface area contributed by atoms with Crippen LogP contribution in [0, 0.1) is 0 Å². The van der Waals surface area contributed by atoms with Gasteiger partial charge >= 0.3 is 5.97 Å². The number of fused-ring (bicyclic) bond motifs is 1. The monoisotopic (exact) mass is 575 g/mol. The summed E-state index contributed by atoms with van der Waals surface area (Å²) in [6.45, 7) is 10.8. The summed E-state index contributed by atoms with van der Waals surface area (Å²) in [5.41, 5.74) is 3.12. The molecule has 230 valence electrons. The molecule has 0 saturated heterocycles. The normalized spacial score (nSPS) is 13.0. The van der Waals surface area contributed by atoms with Crippen LogP contribution in [0.5, 0.6) is 0 Å². The summed E-state index contributed by atoms with van der Waals surface area (Å²) in [6.07, 6.45) is 17.7. The number of nitrogens with zero attached hydrogens (tertiary/aromatic N) is 1. The van der Waals surface area contributed by atoms with E-state index in [-0.39, 0.29) is 34.4 Å². The van der Waals surface area contributed by atoms with Crippen molar-refractivity contribution in [2.45, 2.75) is 136 Å². The van der Waals surface area contributed by atoms with E-state index in [1.54, 1.807) is 18.2 Å². The number of rotatable bonds is 19. The van der Waals surface area contributed by atoms with E-state index in [0.29, 0.717) is 12.3 Å². The fourth-order valence-corrected chi connectivity index (χ4v) is 5.97. The predicted molar refractivity (Wildman–Crippen MR) is 173 cm³/mol. The molecular weight excluding hydrogens is 522 g/mol. The Labute approximate surface area is 254 Å². The number of imide groups is 1. The minimum atomic E-state index is -0.536. The third-order valence-electron chi connectivity index (χ3n) is 8.43. The SMILES string of the molecule is CCCCCCCCCCCCCCCCOC(=O)c1cccc2c1C(=O)N(c1c(C(C)C)cccc1C(C)C)C2=O. The number of carbonyl (C=O) groups excluding carboxylic acids is 3. The lowest BCUT2D eigenvalue weighted by atomic mass is 9.92. The highest BCUT2D eigenvalue weighted by molar-refractivity contribution is 6.36. The van der Waals surface area contributed by atoms with Crippen molar-refractivity contribution in [3.8, 4) is 0 Å². The fourth-order valence-electron chi connectivity index (χ4n) is 5.97. The Kier molecular flexibility index (Phi) is 13.8. The molecule has 5 heteroatoms. The van der Waals surface area contributed by atoms with Gasteiger partial charge in [-0.1, -0.05) is 142 Å². The van der Waals surface area contributed by atoms with Crippen LogP contribution >= 0.6 is 0 Å². The van der Waals surface area contributed by atoms with Crippen LogP contribution in [0.2, 0.25) is 0 Å². The zero-order valence-electron chi connectivity index (χ0n) is 26.8. The van der Waals surface area contributed by atoms with Crippen LogP contribution in [0.25, 0.3) is 0 Å². The molecule has 42 heavy (non-hydrogen) atoms. The van der Waals surface area contributed by atoms with Crippen LogP contribution in [0.3, 0.4) is 0 Å². The number of amides is 2. The van der Waals surface area contributed by atoms with E-state index in [0.717, 1.165) is 30.4 Å². The van der Waals surface area contributed by atoms with Crippen molar-refractivity contribution in [3.63, 3.8) is 0 Å². The lowest BCUT2D eigenvalue weighted by Crippen LogP contribution is -2.32. The third kappa shape index (κ3) is 8.78. The second kappa shape index (κ2) is 17.2. The van der Waals surface area contributed by atoms with Crippen LogP contribution in [0.1, 0.15) is 179 Å². The van der Waals surface area contributed by atoms with Crippen molar-refractivity contribution < 1.29 is 19.1 Å². The van der Waals surface area contributed by atoms with Gasteiger partial charge in [-0.05, 0) is 41.5 Å². The first-order valence-electron chi connectivity index (χ1n) is 16.6. The summed E-state index contributed by atoms with van der Waals surface area (Å²) in [6, 6.07) is 10.8. The van der Waals surface area contributed by atoms with Crippen molar-refractivity contribution in [2.75, 3.05) is 11.5 Å². The number of hydrogen-bond donors (Lipinski definition) is 0. The van der Waals surface area contributed by atoms with Crippen LogP contribution in [-0.2, 0) is 4.74 Å². The van der Waals surface area contributed by atoms with Crippen molar-refractivity contribution in [3.05, 3.63) is 64.2 Å². The third-order valence-corrected chi connectivity index (χ3v) is 8.43. The summed E-state index contributed by atoms with van der Waals surface area (Å²) in [7, 11) is 0. The smallest absolute Gasteiger partial charge is 0.338 e. The van der Waals surface area contributed by atoms with Crippen LogP contribution in [0.15, 0.2) is 36.4 Å². The summed E-state index contributed by atoms with van der Waals surface area (Å²) >= 11 is 0. The quantitative estimate of drug-likeness (QED) is 0.0949. The number of anilines is 1. The highest BCUT2D eigenvalue weighted by Crippen LogP contribution is 2.40. The summed E-state index contributed by atoms with van der Waals surface area (Å²) in [5, 5.41) is 0. The molecule has 0 atom stereocenters. The standard InChI is InChI=1S/C37H53NO4/c1-6-7-8-9-10-11-12-13-14-15-16-17-18-19-26-42-37(41)32-25-21-24-31-33(32)36(40)38(35(31)39)34-29(27(2)3)22-20-23-30(34)28(4)5/h20-25,27-28H,6-19,26H2,1-5H3. The molecule has 0 aliphatic carbocycles. The van der Waals surface area contributed by atoms with Gasteiger partial charge < -0.3 is 4.74 Å². The number of unbranched alkanes of at least 4 members (excludes halogenated alkanes) is 13. The van der Waals surface area contributed by atoms with E-state index < -0.39 is 11.9 Å². The van der Waals surface area contributed by atoms with E-state index in [2.05, 4.69) is 34.6 Å². The average molecular weight is 576 g/mol. The molecule has 1 aliphatic rings. The molecule has 0 fully saturated rings. The molecule has 2 amide bonds. The first-order chi connectivity index (χ1) is 20.3. The van der Waals surface area contributed by atoms with E-state index in [4.69, 9.17) is 4.74 Å². The van der Waals surface area contributed by atoms with Gasteiger partial charge in [-0.25, -0.2) is 9.69 Å². The highest BCUT2D eigenvalue weighted by atomic mass is 16.5. The van der Waals surface area contributed by atoms with E-state index in [9.17, 15) is 14.4 Å². The topological polar surface area (TPSA) is 63.7 Å². The Hall–Kier alpha value is -2.95. The van der Waals surface area contributed by atoms with Crippen molar-refractivity contribution in [1.29, 1.82) is 0 Å². The average Bonchev–Trinajstić information content (AvgIpc) is 3.23.